The number of carbonyl (C=O) groups is 1. The molecule has 1 aliphatic rings. The molecule has 0 radical (unpaired) electrons. The SMILES string of the molecule is COc1ccc(OCCOC(=O)c2c3c(nc4ccccc24)CCC3)cc1. The first-order valence-corrected chi connectivity index (χ1v) is 9.11. The minimum absolute atomic E-state index is 0.191. The zero-order valence-electron chi connectivity index (χ0n) is 15.2. The summed E-state index contributed by atoms with van der Waals surface area (Å²) in [5.41, 5.74) is 3.57. The Morgan fingerprint density at radius 3 is 2.59 bits per heavy atom. The summed E-state index contributed by atoms with van der Waals surface area (Å²) in [6.45, 7) is 0.486. The fraction of sp³-hybridized carbons (Fsp3) is 0.273. The molecule has 0 amide bonds. The van der Waals surface area contributed by atoms with Crippen molar-refractivity contribution in [2.75, 3.05) is 20.3 Å². The van der Waals surface area contributed by atoms with Gasteiger partial charge in [-0.15, -0.1) is 0 Å². The number of fused-ring (bicyclic) bond motifs is 2. The van der Waals surface area contributed by atoms with Crippen molar-refractivity contribution in [2.45, 2.75) is 19.3 Å². The van der Waals surface area contributed by atoms with Gasteiger partial charge < -0.3 is 14.2 Å². The Morgan fingerprint density at radius 2 is 1.78 bits per heavy atom. The molecule has 0 fully saturated rings. The largest absolute Gasteiger partial charge is 0.497 e. The summed E-state index contributed by atoms with van der Waals surface area (Å²) in [5, 5.41) is 0.860. The molecule has 0 N–H and O–H groups in total. The van der Waals surface area contributed by atoms with E-state index in [9.17, 15) is 4.79 Å². The lowest BCUT2D eigenvalue weighted by Crippen LogP contribution is -2.15. The Labute approximate surface area is 157 Å². The standard InChI is InChI=1S/C22H21NO4/c1-25-15-9-11-16(12-10-15)26-13-14-27-22(24)21-17-5-2-3-7-19(17)23-20-8-4-6-18(20)21/h2-3,5,7,9-12H,4,6,8,13-14H2,1H3. The van der Waals surface area contributed by atoms with E-state index in [1.54, 1.807) is 7.11 Å². The molecule has 0 saturated heterocycles. The van der Waals surface area contributed by atoms with E-state index in [1.165, 1.54) is 0 Å². The lowest BCUT2D eigenvalue weighted by molar-refractivity contribution is 0.0451. The van der Waals surface area contributed by atoms with Crippen molar-refractivity contribution in [1.29, 1.82) is 0 Å². The van der Waals surface area contributed by atoms with Crippen molar-refractivity contribution < 1.29 is 19.0 Å². The number of esters is 1. The van der Waals surface area contributed by atoms with Crippen molar-refractivity contribution in [3.63, 3.8) is 0 Å². The number of para-hydroxylation sites is 1. The number of aryl methyl sites for hydroxylation is 1. The van der Waals surface area contributed by atoms with E-state index >= 15 is 0 Å². The number of hydrogen-bond donors (Lipinski definition) is 0. The summed E-state index contributed by atoms with van der Waals surface area (Å²) in [6, 6.07) is 15.0. The van der Waals surface area contributed by atoms with Crippen molar-refractivity contribution in [3.05, 3.63) is 65.4 Å². The Morgan fingerprint density at radius 1 is 1.00 bits per heavy atom. The summed E-state index contributed by atoms with van der Waals surface area (Å²) >= 11 is 0. The van der Waals surface area contributed by atoms with Gasteiger partial charge in [0.1, 0.15) is 24.7 Å². The second-order valence-electron chi connectivity index (χ2n) is 6.44. The van der Waals surface area contributed by atoms with Crippen LogP contribution in [0.5, 0.6) is 11.5 Å². The van der Waals surface area contributed by atoms with Crippen LogP contribution in [0.3, 0.4) is 0 Å². The van der Waals surface area contributed by atoms with E-state index in [1.807, 2.05) is 48.5 Å². The average Bonchev–Trinajstić information content (AvgIpc) is 3.17. The van der Waals surface area contributed by atoms with Crippen molar-refractivity contribution in [1.82, 2.24) is 4.98 Å². The number of aromatic nitrogens is 1. The normalized spacial score (nSPS) is 12.6. The van der Waals surface area contributed by atoms with Crippen LogP contribution in [-0.2, 0) is 17.6 Å². The number of rotatable bonds is 6. The molecule has 3 aromatic rings. The van der Waals surface area contributed by atoms with Crippen molar-refractivity contribution in [3.8, 4) is 11.5 Å². The second kappa shape index (κ2) is 7.66. The highest BCUT2D eigenvalue weighted by atomic mass is 16.6. The molecule has 0 atom stereocenters. The maximum atomic E-state index is 12.8. The fourth-order valence-electron chi connectivity index (χ4n) is 3.48. The van der Waals surface area contributed by atoms with E-state index in [-0.39, 0.29) is 12.6 Å². The van der Waals surface area contributed by atoms with Crippen molar-refractivity contribution in [2.24, 2.45) is 0 Å². The predicted molar refractivity (Wildman–Crippen MR) is 103 cm³/mol. The van der Waals surface area contributed by atoms with Crippen LogP contribution in [0.2, 0.25) is 0 Å². The third-order valence-corrected chi connectivity index (χ3v) is 4.77. The summed E-state index contributed by atoms with van der Waals surface area (Å²) in [5.74, 6) is 1.18. The molecule has 4 rings (SSSR count). The molecule has 138 valence electrons. The van der Waals surface area contributed by atoms with Gasteiger partial charge in [0.25, 0.3) is 0 Å². The maximum absolute atomic E-state index is 12.8. The van der Waals surface area contributed by atoms with Crippen LogP contribution in [0.15, 0.2) is 48.5 Å². The maximum Gasteiger partial charge on any atom is 0.339 e. The topological polar surface area (TPSA) is 57.7 Å². The first-order valence-electron chi connectivity index (χ1n) is 9.11. The van der Waals surface area contributed by atoms with Gasteiger partial charge in [0, 0.05) is 11.1 Å². The van der Waals surface area contributed by atoms with Gasteiger partial charge in [-0.05, 0) is 55.2 Å². The summed E-state index contributed by atoms with van der Waals surface area (Å²) < 4.78 is 16.3. The molecular formula is C22H21NO4. The molecular weight excluding hydrogens is 342 g/mol. The number of carbonyl (C=O) groups excluding carboxylic acids is 1. The van der Waals surface area contributed by atoms with Crippen LogP contribution in [0.25, 0.3) is 10.9 Å². The van der Waals surface area contributed by atoms with Gasteiger partial charge in [-0.3, -0.25) is 4.98 Å². The van der Waals surface area contributed by atoms with Gasteiger partial charge in [0.05, 0.1) is 18.2 Å². The smallest absolute Gasteiger partial charge is 0.339 e. The van der Waals surface area contributed by atoms with Gasteiger partial charge in [-0.25, -0.2) is 4.79 Å². The molecule has 0 unspecified atom stereocenters. The molecule has 1 aromatic heterocycles. The number of nitrogens with zero attached hydrogens (tertiary/aromatic N) is 1. The number of pyridine rings is 1. The lowest BCUT2D eigenvalue weighted by Gasteiger charge is -2.12. The predicted octanol–water partition coefficient (Wildman–Crippen LogP) is 3.97. The third kappa shape index (κ3) is 3.58. The molecule has 0 spiro atoms. The minimum atomic E-state index is -0.301. The van der Waals surface area contributed by atoms with Gasteiger partial charge in [0.15, 0.2) is 0 Å². The van der Waals surface area contributed by atoms with Crippen LogP contribution in [-0.4, -0.2) is 31.3 Å². The zero-order valence-corrected chi connectivity index (χ0v) is 15.2. The second-order valence-corrected chi connectivity index (χ2v) is 6.44. The lowest BCUT2D eigenvalue weighted by atomic mass is 10.0. The first-order chi connectivity index (χ1) is 13.3. The van der Waals surface area contributed by atoms with E-state index in [2.05, 4.69) is 0 Å². The van der Waals surface area contributed by atoms with E-state index in [0.717, 1.165) is 47.2 Å². The fourth-order valence-corrected chi connectivity index (χ4v) is 3.48. The number of ether oxygens (including phenoxy) is 3. The quantitative estimate of drug-likeness (QED) is 0.490. The monoisotopic (exact) mass is 363 g/mol. The van der Waals surface area contributed by atoms with Gasteiger partial charge >= 0.3 is 5.97 Å². The molecule has 0 aliphatic heterocycles. The molecule has 1 aliphatic carbocycles. The number of benzene rings is 2. The van der Waals surface area contributed by atoms with Crippen LogP contribution >= 0.6 is 0 Å². The average molecular weight is 363 g/mol. The Kier molecular flexibility index (Phi) is 4.92. The highest BCUT2D eigenvalue weighted by molar-refractivity contribution is 6.05. The summed E-state index contributed by atoms with van der Waals surface area (Å²) in [7, 11) is 1.62. The highest BCUT2D eigenvalue weighted by Gasteiger charge is 2.24. The molecule has 5 heteroatoms. The number of hydrogen-bond acceptors (Lipinski definition) is 5. The Hall–Kier alpha value is -3.08. The summed E-state index contributed by atoms with van der Waals surface area (Å²) in [6.07, 6.45) is 2.82. The van der Waals surface area contributed by atoms with E-state index in [0.29, 0.717) is 17.9 Å². The summed E-state index contributed by atoms with van der Waals surface area (Å²) in [4.78, 5) is 17.5. The molecule has 0 saturated carbocycles. The van der Waals surface area contributed by atoms with Gasteiger partial charge in [-0.1, -0.05) is 18.2 Å². The highest BCUT2D eigenvalue weighted by Crippen LogP contribution is 2.30. The molecule has 1 heterocycles. The van der Waals surface area contributed by atoms with Crippen LogP contribution in [0.1, 0.15) is 28.0 Å². The van der Waals surface area contributed by atoms with Gasteiger partial charge in [-0.2, -0.15) is 0 Å². The molecule has 2 aromatic carbocycles. The number of methoxy groups -OCH3 is 1. The molecule has 27 heavy (non-hydrogen) atoms. The Bertz CT molecular complexity index is 966. The van der Waals surface area contributed by atoms with Gasteiger partial charge in [0.2, 0.25) is 0 Å². The Balaban J connectivity index is 1.44. The van der Waals surface area contributed by atoms with E-state index < -0.39 is 0 Å². The third-order valence-electron chi connectivity index (χ3n) is 4.77. The zero-order chi connectivity index (χ0) is 18.6. The van der Waals surface area contributed by atoms with Crippen LogP contribution in [0, 0.1) is 0 Å². The molecule has 0 bridgehead atoms. The van der Waals surface area contributed by atoms with Crippen LogP contribution < -0.4 is 9.47 Å². The molecule has 5 nitrogen and oxygen atoms in total. The van der Waals surface area contributed by atoms with E-state index in [4.69, 9.17) is 19.2 Å². The minimum Gasteiger partial charge on any atom is -0.497 e. The first kappa shape index (κ1) is 17.3. The van der Waals surface area contributed by atoms with Crippen molar-refractivity contribution >= 4 is 16.9 Å². The van der Waals surface area contributed by atoms with Crippen LogP contribution in [0.4, 0.5) is 0 Å².